The van der Waals surface area contributed by atoms with Gasteiger partial charge in [-0.05, 0) is 12.5 Å². The number of cyclic esters (lactones) is 1. The van der Waals surface area contributed by atoms with Crippen molar-refractivity contribution >= 4 is 11.9 Å². The van der Waals surface area contributed by atoms with Crippen molar-refractivity contribution in [3.8, 4) is 0 Å². The van der Waals surface area contributed by atoms with Gasteiger partial charge in [0.1, 0.15) is 0 Å². The van der Waals surface area contributed by atoms with E-state index < -0.39 is 12.1 Å². The molecule has 1 aromatic rings. The van der Waals surface area contributed by atoms with Crippen molar-refractivity contribution in [2.24, 2.45) is 0 Å². The van der Waals surface area contributed by atoms with Gasteiger partial charge in [-0.25, -0.2) is 4.79 Å². The summed E-state index contributed by atoms with van der Waals surface area (Å²) in [5.74, 6) is -0.697. The summed E-state index contributed by atoms with van der Waals surface area (Å²) >= 11 is 0. The third-order valence-corrected chi connectivity index (χ3v) is 2.51. The molecule has 4 nitrogen and oxygen atoms in total. The van der Waals surface area contributed by atoms with Crippen LogP contribution in [-0.4, -0.2) is 22.9 Å². The highest BCUT2D eigenvalue weighted by molar-refractivity contribution is 5.90. The average Bonchev–Trinajstić information content (AvgIpc) is 2.44. The van der Waals surface area contributed by atoms with Gasteiger partial charge in [0, 0.05) is 12.3 Å². The molecule has 1 unspecified atom stereocenters. The largest absolute Gasteiger partial charge is 0.449 e. The molecule has 17 heavy (non-hydrogen) atoms. The van der Waals surface area contributed by atoms with Gasteiger partial charge in [-0.1, -0.05) is 30.3 Å². The first kappa shape index (κ1) is 11.4. The molecule has 1 aliphatic heterocycles. The highest BCUT2D eigenvalue weighted by Crippen LogP contribution is 2.11. The number of carbonyl (C=O) groups excluding carboxylic acids is 2. The Balaban J connectivity index is 2.16. The van der Waals surface area contributed by atoms with Crippen molar-refractivity contribution in [2.45, 2.75) is 19.6 Å². The summed E-state index contributed by atoms with van der Waals surface area (Å²) in [4.78, 5) is 24.5. The molecule has 0 aromatic heterocycles. The summed E-state index contributed by atoms with van der Waals surface area (Å²) in [6.07, 6.45) is 2.01. The Morgan fingerprint density at radius 3 is 2.65 bits per heavy atom. The maximum atomic E-state index is 11.9. The van der Waals surface area contributed by atoms with Gasteiger partial charge in [0.15, 0.2) is 6.10 Å². The third kappa shape index (κ3) is 2.72. The van der Waals surface area contributed by atoms with Crippen molar-refractivity contribution in [1.29, 1.82) is 0 Å². The van der Waals surface area contributed by atoms with Crippen LogP contribution in [0, 0.1) is 0 Å². The van der Waals surface area contributed by atoms with Crippen LogP contribution in [-0.2, 0) is 20.9 Å². The lowest BCUT2D eigenvalue weighted by molar-refractivity contribution is -0.152. The van der Waals surface area contributed by atoms with Crippen LogP contribution in [0.25, 0.3) is 0 Å². The van der Waals surface area contributed by atoms with Crippen LogP contribution in [0.5, 0.6) is 0 Å². The number of hydrogen-bond donors (Lipinski definition) is 0. The van der Waals surface area contributed by atoms with Crippen LogP contribution in [0.3, 0.4) is 0 Å². The molecule has 4 heteroatoms. The molecule has 1 aliphatic rings. The Morgan fingerprint density at radius 2 is 1.94 bits per heavy atom. The number of benzene rings is 1. The Bertz CT molecular complexity index is 453. The summed E-state index contributed by atoms with van der Waals surface area (Å²) < 4.78 is 4.87. The van der Waals surface area contributed by atoms with Gasteiger partial charge in [0.2, 0.25) is 0 Å². The van der Waals surface area contributed by atoms with E-state index in [1.807, 2.05) is 30.3 Å². The molecule has 1 heterocycles. The van der Waals surface area contributed by atoms with E-state index in [1.165, 1.54) is 17.2 Å². The smallest absolute Gasteiger partial charge is 0.333 e. The van der Waals surface area contributed by atoms with E-state index in [0.29, 0.717) is 6.54 Å². The monoisotopic (exact) mass is 231 g/mol. The predicted octanol–water partition coefficient (Wildman–Crippen LogP) is 1.47. The van der Waals surface area contributed by atoms with E-state index in [0.717, 1.165) is 5.56 Å². The Hall–Kier alpha value is -2.10. The molecule has 1 aromatic carbocycles. The van der Waals surface area contributed by atoms with Gasteiger partial charge in [0.25, 0.3) is 5.91 Å². The quantitative estimate of drug-likeness (QED) is 0.724. The molecule has 0 spiro atoms. The van der Waals surface area contributed by atoms with Crippen LogP contribution in [0.2, 0.25) is 0 Å². The van der Waals surface area contributed by atoms with E-state index in [2.05, 4.69) is 0 Å². The molecule has 0 saturated heterocycles. The molecule has 1 atom stereocenters. The third-order valence-electron chi connectivity index (χ3n) is 2.51. The van der Waals surface area contributed by atoms with Gasteiger partial charge in [-0.2, -0.15) is 0 Å². The second-order valence-corrected chi connectivity index (χ2v) is 3.85. The topological polar surface area (TPSA) is 46.6 Å². The molecule has 0 aliphatic carbocycles. The molecular formula is C13H13NO3. The molecule has 2 rings (SSSR count). The van der Waals surface area contributed by atoms with Crippen LogP contribution in [0.4, 0.5) is 0 Å². The first-order valence-electron chi connectivity index (χ1n) is 5.40. The van der Waals surface area contributed by atoms with Crippen LogP contribution < -0.4 is 0 Å². The number of carbonyl (C=O) groups is 2. The molecule has 88 valence electrons. The summed E-state index contributed by atoms with van der Waals surface area (Å²) in [6, 6.07) is 9.59. The number of amides is 1. The highest BCUT2D eigenvalue weighted by Gasteiger charge is 2.24. The molecule has 0 N–H and O–H groups in total. The lowest BCUT2D eigenvalue weighted by atomic mass is 10.2. The molecule has 0 bridgehead atoms. The fraction of sp³-hybridized carbons (Fsp3) is 0.231. The second-order valence-electron chi connectivity index (χ2n) is 3.85. The molecular weight excluding hydrogens is 218 g/mol. The maximum Gasteiger partial charge on any atom is 0.333 e. The highest BCUT2D eigenvalue weighted by atomic mass is 16.5. The number of ether oxygens (including phenoxy) is 1. The van der Waals surface area contributed by atoms with Crippen molar-refractivity contribution < 1.29 is 14.3 Å². The fourth-order valence-electron chi connectivity index (χ4n) is 1.63. The minimum absolute atomic E-state index is 0.212. The molecule has 0 saturated carbocycles. The lowest BCUT2D eigenvalue weighted by Gasteiger charge is -2.19. The van der Waals surface area contributed by atoms with Gasteiger partial charge in [0.05, 0.1) is 6.54 Å². The molecule has 0 radical (unpaired) electrons. The number of nitrogens with zero attached hydrogens (tertiary/aromatic N) is 1. The standard InChI is InChI=1S/C13H13NO3/c1-10-13(16)14(8-7-12(15)17-10)9-11-5-3-2-4-6-11/h2-8,10H,9H2,1H3. The van der Waals surface area contributed by atoms with Crippen molar-refractivity contribution in [2.75, 3.05) is 0 Å². The summed E-state index contributed by atoms with van der Waals surface area (Å²) in [5, 5.41) is 0. The lowest BCUT2D eigenvalue weighted by Crippen LogP contribution is -2.34. The first-order chi connectivity index (χ1) is 8.16. The van der Waals surface area contributed by atoms with Gasteiger partial charge >= 0.3 is 5.97 Å². The van der Waals surface area contributed by atoms with Crippen molar-refractivity contribution in [1.82, 2.24) is 4.90 Å². The van der Waals surface area contributed by atoms with Crippen LogP contribution in [0.15, 0.2) is 42.6 Å². The van der Waals surface area contributed by atoms with Crippen molar-refractivity contribution in [3.05, 3.63) is 48.2 Å². The molecule has 0 fully saturated rings. The number of hydrogen-bond acceptors (Lipinski definition) is 3. The predicted molar refractivity (Wildman–Crippen MR) is 61.7 cm³/mol. The SMILES string of the molecule is CC1OC(=O)C=CN(Cc2ccccc2)C1=O. The summed E-state index contributed by atoms with van der Waals surface area (Å²) in [7, 11) is 0. The zero-order valence-corrected chi connectivity index (χ0v) is 9.50. The van der Waals surface area contributed by atoms with Crippen LogP contribution >= 0.6 is 0 Å². The molecule has 1 amide bonds. The van der Waals surface area contributed by atoms with E-state index >= 15 is 0 Å². The number of esters is 1. The zero-order valence-electron chi connectivity index (χ0n) is 9.50. The number of rotatable bonds is 2. The Labute approximate surface area is 99.5 Å². The average molecular weight is 231 g/mol. The summed E-state index contributed by atoms with van der Waals surface area (Å²) in [5.41, 5.74) is 1.01. The first-order valence-corrected chi connectivity index (χ1v) is 5.40. The van der Waals surface area contributed by atoms with Crippen LogP contribution in [0.1, 0.15) is 12.5 Å². The minimum atomic E-state index is -0.735. The van der Waals surface area contributed by atoms with E-state index in [-0.39, 0.29) is 5.91 Å². The summed E-state index contributed by atoms with van der Waals surface area (Å²) in [6.45, 7) is 2.02. The van der Waals surface area contributed by atoms with Gasteiger partial charge < -0.3 is 9.64 Å². The fourth-order valence-corrected chi connectivity index (χ4v) is 1.63. The zero-order chi connectivity index (χ0) is 12.3. The normalized spacial score (nSPS) is 20.1. The Morgan fingerprint density at radius 1 is 1.24 bits per heavy atom. The van der Waals surface area contributed by atoms with E-state index in [9.17, 15) is 9.59 Å². The van der Waals surface area contributed by atoms with Gasteiger partial charge in [-0.3, -0.25) is 4.79 Å². The second kappa shape index (κ2) is 4.82. The minimum Gasteiger partial charge on any atom is -0.449 e. The van der Waals surface area contributed by atoms with Crippen molar-refractivity contribution in [3.63, 3.8) is 0 Å². The maximum absolute atomic E-state index is 11.9. The Kier molecular flexibility index (Phi) is 3.23. The van der Waals surface area contributed by atoms with E-state index in [4.69, 9.17) is 4.74 Å². The van der Waals surface area contributed by atoms with E-state index in [1.54, 1.807) is 6.92 Å². The van der Waals surface area contributed by atoms with Gasteiger partial charge in [-0.15, -0.1) is 0 Å².